The van der Waals surface area contributed by atoms with Crippen LogP contribution in [0.4, 0.5) is 0 Å². The van der Waals surface area contributed by atoms with Gasteiger partial charge in [-0.25, -0.2) is 0 Å². The van der Waals surface area contributed by atoms with Gasteiger partial charge in [-0.15, -0.1) is 11.3 Å². The Bertz CT molecular complexity index is 319. The maximum absolute atomic E-state index is 10.0. The molecule has 1 aromatic heterocycles. The van der Waals surface area contributed by atoms with Gasteiger partial charge >= 0.3 is 0 Å². The highest BCUT2D eigenvalue weighted by Crippen LogP contribution is 2.26. The summed E-state index contributed by atoms with van der Waals surface area (Å²) < 4.78 is 0. The first-order valence-corrected chi connectivity index (χ1v) is 8.80. The van der Waals surface area contributed by atoms with Crippen molar-refractivity contribution in [2.45, 2.75) is 84.2 Å². The van der Waals surface area contributed by atoms with E-state index in [0.29, 0.717) is 0 Å². The first kappa shape index (κ1) is 16.7. The lowest BCUT2D eigenvalue weighted by Crippen LogP contribution is -1.94. The minimum absolute atomic E-state index is 0.233. The molecule has 0 aliphatic rings. The van der Waals surface area contributed by atoms with Gasteiger partial charge in [0.2, 0.25) is 0 Å². The third-order valence-corrected chi connectivity index (χ3v) is 4.77. The highest BCUT2D eigenvalue weighted by molar-refractivity contribution is 7.11. The maximum Gasteiger partial charge on any atom is 0.0882 e. The molecular formula is C17H30OS. The minimum atomic E-state index is -0.233. The van der Waals surface area contributed by atoms with Crippen LogP contribution in [0.15, 0.2) is 12.1 Å². The van der Waals surface area contributed by atoms with E-state index in [-0.39, 0.29) is 6.10 Å². The summed E-state index contributed by atoms with van der Waals surface area (Å²) in [5.41, 5.74) is 0. The number of aliphatic hydroxyl groups excluding tert-OH is 1. The van der Waals surface area contributed by atoms with Crippen LogP contribution in [-0.4, -0.2) is 5.11 Å². The molecule has 0 radical (unpaired) electrons. The molecule has 0 aliphatic carbocycles. The van der Waals surface area contributed by atoms with Gasteiger partial charge in [-0.05, 0) is 25.5 Å². The third kappa shape index (κ3) is 7.74. The van der Waals surface area contributed by atoms with E-state index >= 15 is 0 Å². The Balaban J connectivity index is 1.93. The molecule has 1 nitrogen and oxygen atoms in total. The molecule has 0 saturated carbocycles. The minimum Gasteiger partial charge on any atom is -0.388 e. The van der Waals surface area contributed by atoms with Crippen LogP contribution < -0.4 is 0 Å². The predicted molar refractivity (Wildman–Crippen MR) is 85.9 cm³/mol. The summed E-state index contributed by atoms with van der Waals surface area (Å²) in [6, 6.07) is 4.16. The summed E-state index contributed by atoms with van der Waals surface area (Å²) in [5, 5.41) is 10.0. The van der Waals surface area contributed by atoms with Crippen LogP contribution in [0.2, 0.25) is 0 Å². The van der Waals surface area contributed by atoms with E-state index in [1.54, 1.807) is 11.3 Å². The molecule has 0 fully saturated rings. The first-order chi connectivity index (χ1) is 9.24. The summed E-state index contributed by atoms with van der Waals surface area (Å²) in [6.45, 7) is 4.36. The zero-order valence-corrected chi connectivity index (χ0v) is 13.5. The molecule has 0 aliphatic heterocycles. The smallest absolute Gasteiger partial charge is 0.0882 e. The van der Waals surface area contributed by atoms with Gasteiger partial charge in [0.05, 0.1) is 6.10 Å². The Hall–Kier alpha value is -0.340. The largest absolute Gasteiger partial charge is 0.388 e. The second-order valence-electron chi connectivity index (χ2n) is 5.58. The summed E-state index contributed by atoms with van der Waals surface area (Å²) in [4.78, 5) is 2.43. The van der Waals surface area contributed by atoms with Gasteiger partial charge in [0.1, 0.15) is 0 Å². The van der Waals surface area contributed by atoms with Gasteiger partial charge in [-0.3, -0.25) is 0 Å². The number of unbranched alkanes of at least 4 members (excludes halogenated alkanes) is 8. The molecule has 0 spiro atoms. The van der Waals surface area contributed by atoms with Crippen LogP contribution in [0.3, 0.4) is 0 Å². The molecule has 1 N–H and O–H groups in total. The van der Waals surface area contributed by atoms with Crippen molar-refractivity contribution in [1.82, 2.24) is 0 Å². The van der Waals surface area contributed by atoms with E-state index in [1.807, 2.05) is 0 Å². The van der Waals surface area contributed by atoms with E-state index in [9.17, 15) is 5.11 Å². The number of hydrogen-bond donors (Lipinski definition) is 1. The fourth-order valence-corrected chi connectivity index (χ4v) is 3.32. The normalized spacial score (nSPS) is 12.8. The van der Waals surface area contributed by atoms with Crippen molar-refractivity contribution in [3.8, 4) is 0 Å². The van der Waals surface area contributed by atoms with Crippen molar-refractivity contribution < 1.29 is 5.11 Å². The lowest BCUT2D eigenvalue weighted by molar-refractivity contribution is 0.167. The maximum atomic E-state index is 10.0. The van der Waals surface area contributed by atoms with Crippen molar-refractivity contribution in [2.24, 2.45) is 0 Å². The monoisotopic (exact) mass is 282 g/mol. The van der Waals surface area contributed by atoms with Crippen molar-refractivity contribution in [2.75, 3.05) is 0 Å². The van der Waals surface area contributed by atoms with E-state index in [4.69, 9.17) is 0 Å². The van der Waals surface area contributed by atoms with E-state index < -0.39 is 0 Å². The number of thiophene rings is 1. The van der Waals surface area contributed by atoms with Crippen LogP contribution in [0.25, 0.3) is 0 Å². The van der Waals surface area contributed by atoms with Gasteiger partial charge in [0.15, 0.2) is 0 Å². The molecule has 0 aromatic carbocycles. The molecule has 110 valence electrons. The lowest BCUT2D eigenvalue weighted by atomic mass is 10.0. The Morgan fingerprint density at radius 2 is 1.53 bits per heavy atom. The zero-order valence-electron chi connectivity index (χ0n) is 12.7. The average molecular weight is 282 g/mol. The van der Waals surface area contributed by atoms with Crippen LogP contribution in [-0.2, 0) is 0 Å². The lowest BCUT2D eigenvalue weighted by Gasteiger charge is -2.08. The van der Waals surface area contributed by atoms with E-state index in [0.717, 1.165) is 17.7 Å². The van der Waals surface area contributed by atoms with Gasteiger partial charge in [-0.2, -0.15) is 0 Å². The zero-order chi connectivity index (χ0) is 13.9. The standard InChI is InChI=1S/C17H30OS/c1-3-4-5-6-7-8-9-10-11-12-16(18)17-14-13-15(2)19-17/h13-14,16,18H,3-12H2,1-2H3. The fraction of sp³-hybridized carbons (Fsp3) is 0.765. The fourth-order valence-electron chi connectivity index (χ4n) is 2.42. The van der Waals surface area contributed by atoms with Crippen LogP contribution >= 0.6 is 11.3 Å². The number of aliphatic hydroxyl groups is 1. The second-order valence-corrected chi connectivity index (χ2v) is 6.90. The first-order valence-electron chi connectivity index (χ1n) is 7.98. The highest BCUT2D eigenvalue weighted by atomic mass is 32.1. The summed E-state index contributed by atoms with van der Waals surface area (Å²) >= 11 is 1.73. The van der Waals surface area contributed by atoms with Crippen molar-refractivity contribution in [3.05, 3.63) is 21.9 Å². The average Bonchev–Trinajstić information content (AvgIpc) is 2.83. The molecule has 0 saturated heterocycles. The van der Waals surface area contributed by atoms with Crippen molar-refractivity contribution >= 4 is 11.3 Å². The highest BCUT2D eigenvalue weighted by Gasteiger charge is 2.08. The van der Waals surface area contributed by atoms with Gasteiger partial charge in [0, 0.05) is 9.75 Å². The van der Waals surface area contributed by atoms with Crippen LogP contribution in [0, 0.1) is 6.92 Å². The molecule has 1 aromatic rings. The topological polar surface area (TPSA) is 20.2 Å². The molecule has 0 amide bonds. The Kier molecular flexibility index (Phi) is 9.19. The van der Waals surface area contributed by atoms with Gasteiger partial charge < -0.3 is 5.11 Å². The molecule has 2 heteroatoms. The predicted octanol–water partition coefficient (Wildman–Crippen LogP) is 6.01. The molecule has 0 bridgehead atoms. The number of rotatable bonds is 11. The number of hydrogen-bond acceptors (Lipinski definition) is 2. The summed E-state index contributed by atoms with van der Waals surface area (Å²) in [5.74, 6) is 0. The molecule has 1 atom stereocenters. The molecule has 1 rings (SSSR count). The Morgan fingerprint density at radius 1 is 0.947 bits per heavy atom. The molecule has 19 heavy (non-hydrogen) atoms. The Labute approximate surface area is 123 Å². The number of aryl methyl sites for hydroxylation is 1. The van der Waals surface area contributed by atoms with E-state index in [1.165, 1.54) is 56.2 Å². The van der Waals surface area contributed by atoms with E-state index in [2.05, 4.69) is 26.0 Å². The molecule has 1 unspecified atom stereocenters. The second kappa shape index (κ2) is 10.4. The molecule has 1 heterocycles. The third-order valence-electron chi connectivity index (χ3n) is 3.67. The Morgan fingerprint density at radius 3 is 2.05 bits per heavy atom. The summed E-state index contributed by atoms with van der Waals surface area (Å²) in [6.07, 6.45) is 12.8. The van der Waals surface area contributed by atoms with Crippen molar-refractivity contribution in [3.63, 3.8) is 0 Å². The van der Waals surface area contributed by atoms with Crippen LogP contribution in [0.1, 0.15) is 87.0 Å². The van der Waals surface area contributed by atoms with Crippen molar-refractivity contribution in [1.29, 1.82) is 0 Å². The van der Waals surface area contributed by atoms with Gasteiger partial charge in [-0.1, -0.05) is 64.7 Å². The SMILES string of the molecule is CCCCCCCCCCCC(O)c1ccc(C)s1. The van der Waals surface area contributed by atoms with Gasteiger partial charge in [0.25, 0.3) is 0 Å². The molecular weight excluding hydrogens is 252 g/mol. The quantitative estimate of drug-likeness (QED) is 0.493. The summed E-state index contributed by atoms with van der Waals surface area (Å²) in [7, 11) is 0. The van der Waals surface area contributed by atoms with Crippen LogP contribution in [0.5, 0.6) is 0 Å².